The van der Waals surface area contributed by atoms with Crippen molar-refractivity contribution >= 4 is 22.8 Å². The van der Waals surface area contributed by atoms with Gasteiger partial charge in [0.1, 0.15) is 24.3 Å². The lowest BCUT2D eigenvalue weighted by molar-refractivity contribution is -0.156. The molecule has 1 aliphatic carbocycles. The number of hydroxylamine groups is 2. The zero-order chi connectivity index (χ0) is 25.4. The second kappa shape index (κ2) is 9.82. The van der Waals surface area contributed by atoms with Crippen molar-refractivity contribution in [3.05, 3.63) is 95.3 Å². The number of carbonyl (C=O) groups excluding carboxylic acids is 2. The quantitative estimate of drug-likeness (QED) is 0.294. The van der Waals surface area contributed by atoms with Crippen molar-refractivity contribution in [3.8, 4) is 5.75 Å². The molecule has 1 unspecified atom stereocenters. The number of carbonyl (C=O) groups is 2. The summed E-state index contributed by atoms with van der Waals surface area (Å²) in [6, 6.07) is 22.7. The number of hydrogen-bond acceptors (Lipinski definition) is 5. The zero-order valence-corrected chi connectivity index (χ0v) is 20.8. The van der Waals surface area contributed by atoms with E-state index in [0.717, 1.165) is 58.9 Å². The summed E-state index contributed by atoms with van der Waals surface area (Å²) in [5, 5.41) is 0.958. The van der Waals surface area contributed by atoms with E-state index in [4.69, 9.17) is 9.57 Å². The van der Waals surface area contributed by atoms with Crippen LogP contribution < -0.4 is 4.74 Å². The summed E-state index contributed by atoms with van der Waals surface area (Å²) in [7, 11) is 1.99. The molecule has 4 aromatic rings. The van der Waals surface area contributed by atoms with E-state index in [0.29, 0.717) is 17.7 Å². The third kappa shape index (κ3) is 4.40. The molecule has 0 saturated heterocycles. The maximum atomic E-state index is 13.0. The van der Waals surface area contributed by atoms with Crippen molar-refractivity contribution in [2.75, 3.05) is 0 Å². The Kier molecular flexibility index (Phi) is 6.22. The fourth-order valence-corrected chi connectivity index (χ4v) is 5.46. The minimum atomic E-state index is -0.399. The average Bonchev–Trinajstić information content (AvgIpc) is 3.40. The molecule has 0 N–H and O–H groups in total. The molecule has 2 heterocycles. The third-order valence-corrected chi connectivity index (χ3v) is 7.51. The average molecular weight is 496 g/mol. The van der Waals surface area contributed by atoms with Gasteiger partial charge in [0, 0.05) is 7.05 Å². The van der Waals surface area contributed by atoms with Gasteiger partial charge in [-0.15, -0.1) is 5.06 Å². The Labute approximate surface area is 215 Å². The van der Waals surface area contributed by atoms with Gasteiger partial charge in [-0.25, -0.2) is 4.98 Å². The lowest BCUT2D eigenvalue weighted by atomic mass is 9.82. The van der Waals surface area contributed by atoms with Gasteiger partial charge in [-0.3, -0.25) is 14.4 Å². The van der Waals surface area contributed by atoms with Crippen molar-refractivity contribution in [2.24, 2.45) is 13.0 Å². The van der Waals surface area contributed by atoms with Crippen LogP contribution in [0.5, 0.6) is 5.75 Å². The Hall–Kier alpha value is -3.97. The fraction of sp³-hybridized carbons (Fsp3) is 0.300. The number of para-hydroxylation sites is 2. The van der Waals surface area contributed by atoms with E-state index < -0.39 is 17.9 Å². The summed E-state index contributed by atoms with van der Waals surface area (Å²) in [5.41, 5.74) is 3.72. The SMILES string of the molecule is Cn1c(COc2ccc(C(ON3C(=O)c4ccccc4C3=O)C3CCCCC3)cc2)nc2ccccc21. The van der Waals surface area contributed by atoms with Crippen LogP contribution in [0.15, 0.2) is 72.8 Å². The molecule has 0 radical (unpaired) electrons. The number of nitrogens with zero attached hydrogens (tertiary/aromatic N) is 3. The molecule has 1 saturated carbocycles. The first kappa shape index (κ1) is 23.4. The van der Waals surface area contributed by atoms with E-state index in [2.05, 4.69) is 4.98 Å². The number of aromatic nitrogens is 2. The maximum Gasteiger partial charge on any atom is 0.285 e. The third-order valence-electron chi connectivity index (χ3n) is 7.51. The summed E-state index contributed by atoms with van der Waals surface area (Å²) in [5.74, 6) is 0.996. The number of benzene rings is 3. The van der Waals surface area contributed by atoms with Crippen molar-refractivity contribution in [3.63, 3.8) is 0 Å². The highest BCUT2D eigenvalue weighted by Gasteiger charge is 2.40. The predicted molar refractivity (Wildman–Crippen MR) is 139 cm³/mol. The highest BCUT2D eigenvalue weighted by molar-refractivity contribution is 6.20. The Morgan fingerprint density at radius 1 is 0.865 bits per heavy atom. The number of hydrogen-bond donors (Lipinski definition) is 0. The predicted octanol–water partition coefficient (Wildman–Crippen LogP) is 6.00. The molecule has 37 heavy (non-hydrogen) atoms. The van der Waals surface area contributed by atoms with Gasteiger partial charge in [-0.1, -0.05) is 55.7 Å². The lowest BCUT2D eigenvalue weighted by Crippen LogP contribution is -2.34. The van der Waals surface area contributed by atoms with Gasteiger partial charge >= 0.3 is 0 Å². The normalized spacial score (nSPS) is 16.8. The van der Waals surface area contributed by atoms with E-state index in [1.807, 2.05) is 60.1 Å². The van der Waals surface area contributed by atoms with E-state index in [-0.39, 0.29) is 5.92 Å². The first-order valence-electron chi connectivity index (χ1n) is 12.9. The molecular formula is C30H29N3O4. The Balaban J connectivity index is 1.20. The molecule has 1 aromatic heterocycles. The Morgan fingerprint density at radius 3 is 2.19 bits per heavy atom. The van der Waals surface area contributed by atoms with Gasteiger partial charge in [0.2, 0.25) is 0 Å². The van der Waals surface area contributed by atoms with Crippen molar-refractivity contribution < 1.29 is 19.2 Å². The molecule has 1 aliphatic heterocycles. The molecule has 6 rings (SSSR count). The molecule has 1 atom stereocenters. The largest absolute Gasteiger partial charge is 0.486 e. The molecule has 7 heteroatoms. The van der Waals surface area contributed by atoms with E-state index in [1.165, 1.54) is 6.42 Å². The molecule has 0 bridgehead atoms. The van der Waals surface area contributed by atoms with Crippen LogP contribution >= 0.6 is 0 Å². The minimum absolute atomic E-state index is 0.227. The van der Waals surface area contributed by atoms with Crippen LogP contribution in [0, 0.1) is 5.92 Å². The topological polar surface area (TPSA) is 73.7 Å². The van der Waals surface area contributed by atoms with Crippen LogP contribution in [-0.4, -0.2) is 26.4 Å². The molecule has 0 spiro atoms. The van der Waals surface area contributed by atoms with Gasteiger partial charge in [-0.05, 0) is 60.7 Å². The molecule has 3 aromatic carbocycles. The van der Waals surface area contributed by atoms with E-state index in [9.17, 15) is 9.59 Å². The fourth-order valence-electron chi connectivity index (χ4n) is 5.46. The van der Waals surface area contributed by atoms with Gasteiger partial charge < -0.3 is 9.30 Å². The summed E-state index contributed by atoms with van der Waals surface area (Å²) in [6.07, 6.45) is 5.04. The molecule has 1 fully saturated rings. The number of amides is 2. The highest BCUT2D eigenvalue weighted by Crippen LogP contribution is 2.39. The molecule has 188 valence electrons. The van der Waals surface area contributed by atoms with Crippen LogP contribution in [0.2, 0.25) is 0 Å². The standard InChI is InChI=1S/C30H29N3O4/c1-32-26-14-8-7-13-25(26)31-27(32)19-36-22-17-15-21(16-18-22)28(20-9-3-2-4-10-20)37-33-29(34)23-11-5-6-12-24(23)30(33)35/h5-8,11-18,20,28H,2-4,9-10,19H2,1H3. The van der Waals surface area contributed by atoms with Crippen molar-refractivity contribution in [1.82, 2.24) is 14.6 Å². The molecule has 2 aliphatic rings. The van der Waals surface area contributed by atoms with E-state index >= 15 is 0 Å². The number of imidazole rings is 1. The molecule has 2 amide bonds. The van der Waals surface area contributed by atoms with Crippen molar-refractivity contribution in [2.45, 2.75) is 44.8 Å². The first-order valence-corrected chi connectivity index (χ1v) is 12.9. The summed E-state index contributed by atoms with van der Waals surface area (Å²) in [4.78, 5) is 36.9. The summed E-state index contributed by atoms with van der Waals surface area (Å²) >= 11 is 0. The zero-order valence-electron chi connectivity index (χ0n) is 20.8. The number of rotatable bonds is 7. The first-order chi connectivity index (χ1) is 18.1. The minimum Gasteiger partial charge on any atom is -0.486 e. The van der Waals surface area contributed by atoms with Gasteiger partial charge in [0.05, 0.1) is 22.2 Å². The second-order valence-corrected chi connectivity index (χ2v) is 9.81. The Morgan fingerprint density at radius 2 is 1.51 bits per heavy atom. The summed E-state index contributed by atoms with van der Waals surface area (Å²) in [6.45, 7) is 0.349. The number of imide groups is 1. The van der Waals surface area contributed by atoms with Gasteiger partial charge in [0.15, 0.2) is 0 Å². The van der Waals surface area contributed by atoms with Crippen molar-refractivity contribution in [1.29, 1.82) is 0 Å². The lowest BCUT2D eigenvalue weighted by Gasteiger charge is -2.32. The molecular weight excluding hydrogens is 466 g/mol. The van der Waals surface area contributed by atoms with Crippen LogP contribution in [0.4, 0.5) is 0 Å². The summed E-state index contributed by atoms with van der Waals surface area (Å²) < 4.78 is 8.09. The van der Waals surface area contributed by atoms with Gasteiger partial charge in [-0.2, -0.15) is 0 Å². The van der Waals surface area contributed by atoms with Crippen LogP contribution in [0.3, 0.4) is 0 Å². The molecule has 7 nitrogen and oxygen atoms in total. The second-order valence-electron chi connectivity index (χ2n) is 9.81. The highest BCUT2D eigenvalue weighted by atomic mass is 16.7. The van der Waals surface area contributed by atoms with Crippen LogP contribution in [-0.2, 0) is 18.5 Å². The van der Waals surface area contributed by atoms with Crippen LogP contribution in [0.25, 0.3) is 11.0 Å². The van der Waals surface area contributed by atoms with Crippen LogP contribution in [0.1, 0.15) is 70.3 Å². The van der Waals surface area contributed by atoms with E-state index in [1.54, 1.807) is 24.3 Å². The Bertz CT molecular complexity index is 1420. The number of aryl methyl sites for hydroxylation is 1. The number of ether oxygens (including phenoxy) is 1. The smallest absolute Gasteiger partial charge is 0.285 e. The number of fused-ring (bicyclic) bond motifs is 2. The monoisotopic (exact) mass is 495 g/mol. The van der Waals surface area contributed by atoms with Gasteiger partial charge in [0.25, 0.3) is 11.8 Å². The maximum absolute atomic E-state index is 13.0.